The molecule has 0 saturated heterocycles. The third kappa shape index (κ3) is 3.16. The number of ether oxygens (including phenoxy) is 1. The molecule has 0 amide bonds. The number of halogens is 1. The Morgan fingerprint density at radius 2 is 1.85 bits per heavy atom. The molecule has 0 spiro atoms. The van der Waals surface area contributed by atoms with E-state index in [9.17, 15) is 9.59 Å². The molecule has 0 fully saturated rings. The number of hydrogen-bond donors (Lipinski definition) is 0. The van der Waals surface area contributed by atoms with Crippen LogP contribution in [0.5, 0.6) is 0 Å². The van der Waals surface area contributed by atoms with Gasteiger partial charge in [0.2, 0.25) is 0 Å². The second-order valence-electron chi connectivity index (χ2n) is 3.89. The zero-order valence-electron chi connectivity index (χ0n) is 10.6. The Labute approximate surface area is 119 Å². The molecule has 0 aliphatic rings. The molecular weight excluding hydrogens is 280 g/mol. The maximum Gasteiger partial charge on any atom is 0.343 e. The van der Waals surface area contributed by atoms with Crippen molar-refractivity contribution in [3.05, 3.63) is 69.5 Å². The number of methoxy groups -OCH3 is 1. The van der Waals surface area contributed by atoms with Crippen LogP contribution in [0.1, 0.15) is 10.4 Å². The van der Waals surface area contributed by atoms with E-state index in [1.807, 2.05) is 6.07 Å². The summed E-state index contributed by atoms with van der Waals surface area (Å²) in [5.74, 6) is -0.291. The highest BCUT2D eigenvalue weighted by Gasteiger charge is 2.03. The molecule has 0 unspecified atom stereocenters. The number of hydrogen-bond acceptors (Lipinski definition) is 4. The topological polar surface area (TPSA) is 56.5 Å². The molecule has 2 aromatic heterocycles. The van der Waals surface area contributed by atoms with Crippen molar-refractivity contribution in [1.29, 1.82) is 0 Å². The van der Waals surface area contributed by atoms with E-state index in [2.05, 4.69) is 4.74 Å². The molecule has 4 nitrogen and oxygen atoms in total. The molecule has 4 aromatic rings. The van der Waals surface area contributed by atoms with Crippen molar-refractivity contribution in [3.63, 3.8) is 0 Å². The van der Waals surface area contributed by atoms with Gasteiger partial charge in [-0.2, -0.15) is 0 Å². The molecule has 0 aliphatic carbocycles. The smallest absolute Gasteiger partial charge is 0.343 e. The Hall–Kier alpha value is -2.33. The highest BCUT2D eigenvalue weighted by molar-refractivity contribution is 6.34. The first kappa shape index (κ1) is 14.1. The molecule has 102 valence electrons. The molecule has 0 N–H and O–H groups in total. The van der Waals surface area contributed by atoms with Gasteiger partial charge in [-0.15, -0.1) is 0 Å². The fourth-order valence-corrected chi connectivity index (χ4v) is 1.78. The van der Waals surface area contributed by atoms with Gasteiger partial charge in [-0.1, -0.05) is 29.8 Å². The molecule has 0 aliphatic heterocycles. The van der Waals surface area contributed by atoms with Gasteiger partial charge in [0.05, 0.1) is 23.1 Å². The maximum absolute atomic E-state index is 10.8. The fraction of sp³-hybridized carbons (Fsp3) is 0.0667. The van der Waals surface area contributed by atoms with Crippen LogP contribution in [0, 0.1) is 0 Å². The van der Waals surface area contributed by atoms with E-state index in [4.69, 9.17) is 16.0 Å². The van der Waals surface area contributed by atoms with Gasteiger partial charge >= 0.3 is 11.6 Å². The Morgan fingerprint density at radius 3 is 2.25 bits per heavy atom. The lowest BCUT2D eigenvalue weighted by atomic mass is 10.2. The Morgan fingerprint density at radius 1 is 1.15 bits per heavy atom. The number of carbonyl (C=O) groups excluding carboxylic acids is 1. The van der Waals surface area contributed by atoms with Crippen LogP contribution in [-0.4, -0.2) is 13.1 Å². The van der Waals surface area contributed by atoms with E-state index in [0.29, 0.717) is 21.6 Å². The summed E-state index contributed by atoms with van der Waals surface area (Å²) in [6, 6.07) is 13.8. The van der Waals surface area contributed by atoms with E-state index in [1.54, 1.807) is 42.5 Å². The largest absolute Gasteiger partial charge is 0.465 e. The molecule has 2 heterocycles. The van der Waals surface area contributed by atoms with Gasteiger partial charge in [0, 0.05) is 0 Å². The number of rotatable bonds is 1. The van der Waals surface area contributed by atoms with Crippen molar-refractivity contribution in [2.45, 2.75) is 0 Å². The second-order valence-corrected chi connectivity index (χ2v) is 4.30. The lowest BCUT2D eigenvalue weighted by Gasteiger charge is -1.96. The lowest BCUT2D eigenvalue weighted by molar-refractivity contribution is 0.0600. The highest BCUT2D eigenvalue weighted by Crippen LogP contribution is 2.19. The Kier molecular flexibility index (Phi) is 4.38. The summed E-state index contributed by atoms with van der Waals surface area (Å²) in [6.45, 7) is 0. The molecule has 5 heteroatoms. The van der Waals surface area contributed by atoms with Crippen molar-refractivity contribution in [2.75, 3.05) is 7.11 Å². The van der Waals surface area contributed by atoms with Gasteiger partial charge in [0.15, 0.2) is 0 Å². The minimum atomic E-state index is -0.318. The van der Waals surface area contributed by atoms with Crippen molar-refractivity contribution in [2.24, 2.45) is 0 Å². The van der Waals surface area contributed by atoms with Crippen LogP contribution in [0.3, 0.4) is 0 Å². The molecule has 2 aromatic carbocycles. The van der Waals surface area contributed by atoms with Gasteiger partial charge in [0.25, 0.3) is 0 Å². The first-order valence-electron chi connectivity index (χ1n) is 5.77. The average molecular weight is 291 g/mol. The van der Waals surface area contributed by atoms with Crippen LogP contribution in [0.25, 0.3) is 11.0 Å². The maximum atomic E-state index is 10.8. The predicted molar refractivity (Wildman–Crippen MR) is 76.5 cm³/mol. The van der Waals surface area contributed by atoms with Crippen LogP contribution in [-0.2, 0) is 4.74 Å². The van der Waals surface area contributed by atoms with Crippen molar-refractivity contribution in [3.8, 4) is 0 Å². The zero-order valence-corrected chi connectivity index (χ0v) is 11.4. The summed E-state index contributed by atoms with van der Waals surface area (Å²) in [5, 5.41) is 1.01. The van der Waals surface area contributed by atoms with E-state index in [1.165, 1.54) is 7.11 Å². The minimum absolute atomic E-state index is 0.291. The van der Waals surface area contributed by atoms with Crippen molar-refractivity contribution < 1.29 is 13.9 Å². The van der Waals surface area contributed by atoms with E-state index < -0.39 is 0 Å². The quantitative estimate of drug-likeness (QED) is 0.645. The molecule has 4 rings (SSSR count). The highest BCUT2D eigenvalue weighted by atomic mass is 35.5. The third-order valence-corrected chi connectivity index (χ3v) is 2.86. The first-order chi connectivity index (χ1) is 9.61. The number of fused-ring (bicyclic) bond motifs is 3. The number of carbonyl (C=O) groups is 1. The average Bonchev–Trinajstić information content (AvgIpc) is 2.49. The summed E-state index contributed by atoms with van der Waals surface area (Å²) in [4.78, 5) is 21.6. The van der Waals surface area contributed by atoms with Crippen LogP contribution in [0.4, 0.5) is 0 Å². The summed E-state index contributed by atoms with van der Waals surface area (Å²) < 4.78 is 9.25. The molecule has 20 heavy (non-hydrogen) atoms. The lowest BCUT2D eigenvalue weighted by Crippen LogP contribution is -1.99. The van der Waals surface area contributed by atoms with Crippen LogP contribution in [0.15, 0.2) is 57.7 Å². The van der Waals surface area contributed by atoms with Gasteiger partial charge in [-0.05, 0) is 30.3 Å². The summed E-state index contributed by atoms with van der Waals surface area (Å²) in [7, 11) is 1.37. The van der Waals surface area contributed by atoms with Crippen molar-refractivity contribution >= 4 is 28.5 Å². The summed E-state index contributed by atoms with van der Waals surface area (Å²) in [6.07, 6.45) is 0. The standard InChI is InChI=1S/C8H8O2.C7H3ClO2/c1-10-8(9)7-5-3-2-4-6-7;8-5-3-4-1-2-6(5)10-7(4)9/h2-6H,1H3;1-3H. The van der Waals surface area contributed by atoms with E-state index >= 15 is 0 Å². The molecule has 0 radical (unpaired) electrons. The SMILES string of the molecule is COC(=O)c1ccccc1.O=c1oc2ccc1cc2Cl. The van der Waals surface area contributed by atoms with Crippen LogP contribution in [0.2, 0.25) is 5.02 Å². The van der Waals surface area contributed by atoms with Gasteiger partial charge in [-0.3, -0.25) is 0 Å². The summed E-state index contributed by atoms with van der Waals surface area (Å²) in [5.41, 5.74) is 0.716. The van der Waals surface area contributed by atoms with Crippen LogP contribution < -0.4 is 5.63 Å². The number of benzene rings is 2. The fourth-order valence-electron chi connectivity index (χ4n) is 1.56. The third-order valence-electron chi connectivity index (χ3n) is 2.57. The van der Waals surface area contributed by atoms with Gasteiger partial charge in [0.1, 0.15) is 5.58 Å². The van der Waals surface area contributed by atoms with Gasteiger partial charge < -0.3 is 9.15 Å². The minimum Gasteiger partial charge on any atom is -0.465 e. The van der Waals surface area contributed by atoms with E-state index in [0.717, 1.165) is 0 Å². The molecule has 0 saturated carbocycles. The normalized spacial score (nSPS) is 9.90. The van der Waals surface area contributed by atoms with E-state index in [-0.39, 0.29) is 11.6 Å². The van der Waals surface area contributed by atoms with Crippen LogP contribution >= 0.6 is 11.6 Å². The molecular formula is C15H11ClO4. The van der Waals surface area contributed by atoms with Gasteiger partial charge in [-0.25, -0.2) is 9.59 Å². The number of esters is 1. The van der Waals surface area contributed by atoms with Crippen molar-refractivity contribution in [1.82, 2.24) is 0 Å². The molecule has 2 bridgehead atoms. The predicted octanol–water partition coefficient (Wildman–Crippen LogP) is 3.36. The monoisotopic (exact) mass is 290 g/mol. The Bertz CT molecular complexity index is 749. The first-order valence-corrected chi connectivity index (χ1v) is 6.14. The summed E-state index contributed by atoms with van der Waals surface area (Å²) >= 11 is 5.65. The second kappa shape index (κ2) is 6.21. The zero-order chi connectivity index (χ0) is 14.5. The molecule has 0 atom stereocenters. The Balaban J connectivity index is 0.000000147.